The van der Waals surface area contributed by atoms with Gasteiger partial charge in [0.15, 0.2) is 11.6 Å². The molecule has 3 aromatic rings. The fraction of sp³-hybridized carbons (Fsp3) is 0.472. The van der Waals surface area contributed by atoms with E-state index in [4.69, 9.17) is 0 Å². The van der Waals surface area contributed by atoms with Gasteiger partial charge in [-0.1, -0.05) is 0 Å². The monoisotopic (exact) mass is 712 g/mol. The van der Waals surface area contributed by atoms with Gasteiger partial charge in [0, 0.05) is 83.5 Å². The molecule has 0 spiro atoms. The van der Waals surface area contributed by atoms with E-state index < -0.39 is 35.5 Å². The summed E-state index contributed by atoms with van der Waals surface area (Å²) in [5, 5.41) is 14.8. The van der Waals surface area contributed by atoms with Crippen LogP contribution in [-0.4, -0.2) is 125 Å². The van der Waals surface area contributed by atoms with Gasteiger partial charge in [0.1, 0.15) is 11.9 Å². The molecule has 7 heterocycles. The summed E-state index contributed by atoms with van der Waals surface area (Å²) in [6.07, 6.45) is 4.73. The Morgan fingerprint density at radius 3 is 2.31 bits per heavy atom. The van der Waals surface area contributed by atoms with Crippen LogP contribution in [0.1, 0.15) is 46.4 Å². The van der Waals surface area contributed by atoms with Crippen LogP contribution in [0.5, 0.6) is 0 Å². The average molecular weight is 713 g/mol. The quantitative estimate of drug-likeness (QED) is 0.274. The smallest absolute Gasteiger partial charge is 0.262 e. The largest absolute Gasteiger partial charge is 0.396 e. The molecule has 0 saturated carbocycles. The molecule has 0 bridgehead atoms. The lowest BCUT2D eigenvalue weighted by Gasteiger charge is -2.45. The molecule has 16 heteroatoms. The van der Waals surface area contributed by atoms with Crippen LogP contribution in [0.25, 0.3) is 0 Å². The van der Waals surface area contributed by atoms with Crippen molar-refractivity contribution in [2.45, 2.75) is 31.7 Å². The number of aromatic nitrogens is 3. The SMILES string of the molecule is O=C1CCC(N2C(=O)c3ccc(N4CC(CN5CCN(c6ccc(Nc7ncc(F)c(N8CCC(CO)CC8)n7)cn6)CC5)C4)cc3C2=O)C(=O)N1. The fourth-order valence-corrected chi connectivity index (χ4v) is 7.82. The van der Waals surface area contributed by atoms with Gasteiger partial charge in [0.05, 0.1) is 29.2 Å². The number of amides is 4. The molecule has 0 radical (unpaired) electrons. The Hall–Kier alpha value is -5.22. The minimum atomic E-state index is -0.973. The lowest BCUT2D eigenvalue weighted by atomic mass is 9.97. The third-order valence-electron chi connectivity index (χ3n) is 10.9. The van der Waals surface area contributed by atoms with Gasteiger partial charge in [-0.05, 0) is 55.5 Å². The second-order valence-electron chi connectivity index (χ2n) is 14.2. The number of hydrogen-bond acceptors (Lipinski definition) is 13. The highest BCUT2D eigenvalue weighted by Crippen LogP contribution is 2.33. The molecule has 15 nitrogen and oxygen atoms in total. The third-order valence-corrected chi connectivity index (χ3v) is 10.9. The second-order valence-corrected chi connectivity index (χ2v) is 14.2. The third kappa shape index (κ3) is 6.63. The number of aliphatic hydroxyl groups is 1. The number of rotatable bonds is 9. The first-order valence-corrected chi connectivity index (χ1v) is 17.9. The molecule has 272 valence electrons. The van der Waals surface area contributed by atoms with Gasteiger partial charge in [0.2, 0.25) is 17.8 Å². The van der Waals surface area contributed by atoms with Gasteiger partial charge >= 0.3 is 0 Å². The first kappa shape index (κ1) is 33.9. The molecule has 2 aromatic heterocycles. The van der Waals surface area contributed by atoms with E-state index in [0.717, 1.165) is 75.1 Å². The molecular weight excluding hydrogens is 671 g/mol. The molecule has 1 aromatic carbocycles. The lowest BCUT2D eigenvalue weighted by Crippen LogP contribution is -2.55. The summed E-state index contributed by atoms with van der Waals surface area (Å²) < 4.78 is 14.6. The normalized spacial score (nSPS) is 21.8. The molecule has 4 amide bonds. The van der Waals surface area contributed by atoms with E-state index in [2.05, 4.69) is 40.3 Å². The predicted molar refractivity (Wildman–Crippen MR) is 189 cm³/mol. The zero-order valence-corrected chi connectivity index (χ0v) is 28.7. The summed E-state index contributed by atoms with van der Waals surface area (Å²) in [5.41, 5.74) is 2.17. The predicted octanol–water partition coefficient (Wildman–Crippen LogP) is 1.62. The van der Waals surface area contributed by atoms with Crippen molar-refractivity contribution in [3.63, 3.8) is 0 Å². The van der Waals surface area contributed by atoms with Crippen LogP contribution in [0.2, 0.25) is 0 Å². The van der Waals surface area contributed by atoms with Crippen LogP contribution < -0.4 is 25.3 Å². The fourth-order valence-electron chi connectivity index (χ4n) is 7.82. The number of carbonyl (C=O) groups is 4. The number of piperidine rings is 2. The molecule has 8 rings (SSSR count). The number of piperazine rings is 1. The van der Waals surface area contributed by atoms with E-state index in [9.17, 15) is 28.7 Å². The van der Waals surface area contributed by atoms with Crippen LogP contribution in [0.15, 0.2) is 42.7 Å². The summed E-state index contributed by atoms with van der Waals surface area (Å²) in [4.78, 5) is 73.3. The number of nitrogens with one attached hydrogen (secondary N) is 2. The van der Waals surface area contributed by atoms with Crippen LogP contribution >= 0.6 is 0 Å². The topological polar surface area (TPSA) is 167 Å². The summed E-state index contributed by atoms with van der Waals surface area (Å²) in [5.74, 6) is -0.288. The zero-order valence-electron chi connectivity index (χ0n) is 28.7. The molecule has 4 saturated heterocycles. The number of carbonyl (C=O) groups excluding carboxylic acids is 4. The molecule has 5 aliphatic heterocycles. The number of imide groups is 2. The maximum atomic E-state index is 14.6. The van der Waals surface area contributed by atoms with E-state index in [0.29, 0.717) is 36.2 Å². The highest BCUT2D eigenvalue weighted by Gasteiger charge is 2.45. The van der Waals surface area contributed by atoms with E-state index in [1.807, 2.05) is 23.1 Å². The van der Waals surface area contributed by atoms with Crippen LogP contribution in [0.4, 0.5) is 33.3 Å². The highest BCUT2D eigenvalue weighted by molar-refractivity contribution is 6.23. The standard InChI is InChI=1S/C36H41FN10O5/c37-28-17-39-36(42-32(28)45-9-7-22(21-48)8-10-45)40-24-1-5-30(38-16-24)44-13-11-43(12-14-44)18-23-19-46(20-23)25-2-3-26-27(15-25)35(52)47(34(26)51)29-4-6-31(49)41-33(29)50/h1-3,5,15-17,22-23,29,48H,4,6-14,18-21H2,(H,39,40,42)(H,41,49,50). The number of aliphatic hydroxyl groups excluding tert-OH is 1. The molecule has 3 N–H and O–H groups in total. The van der Waals surface area contributed by atoms with E-state index in [1.165, 1.54) is 6.20 Å². The van der Waals surface area contributed by atoms with Crippen molar-refractivity contribution in [2.75, 3.05) is 85.5 Å². The Balaban J connectivity index is 0.798. The Morgan fingerprint density at radius 2 is 1.60 bits per heavy atom. The minimum Gasteiger partial charge on any atom is -0.396 e. The Labute approximate surface area is 299 Å². The number of halogens is 1. The number of hydrogen-bond donors (Lipinski definition) is 3. The number of pyridine rings is 1. The molecule has 1 unspecified atom stereocenters. The Kier molecular flexibility index (Phi) is 9.17. The van der Waals surface area contributed by atoms with Gasteiger partial charge in [-0.25, -0.2) is 14.4 Å². The maximum Gasteiger partial charge on any atom is 0.262 e. The first-order valence-electron chi connectivity index (χ1n) is 17.9. The Morgan fingerprint density at radius 1 is 0.827 bits per heavy atom. The van der Waals surface area contributed by atoms with Crippen molar-refractivity contribution in [1.82, 2.24) is 30.1 Å². The van der Waals surface area contributed by atoms with Gasteiger partial charge < -0.3 is 25.1 Å². The van der Waals surface area contributed by atoms with Gasteiger partial charge in [0.25, 0.3) is 11.8 Å². The van der Waals surface area contributed by atoms with Crippen molar-refractivity contribution in [2.24, 2.45) is 11.8 Å². The first-order chi connectivity index (χ1) is 25.2. The van der Waals surface area contributed by atoms with Gasteiger partial charge in [-0.15, -0.1) is 0 Å². The number of anilines is 5. The summed E-state index contributed by atoms with van der Waals surface area (Å²) >= 11 is 0. The van der Waals surface area contributed by atoms with E-state index >= 15 is 0 Å². The van der Waals surface area contributed by atoms with Crippen molar-refractivity contribution < 1.29 is 28.7 Å². The molecular formula is C36H41FN10O5. The molecule has 4 fully saturated rings. The summed E-state index contributed by atoms with van der Waals surface area (Å²) in [7, 11) is 0. The second kappa shape index (κ2) is 14.1. The molecule has 52 heavy (non-hydrogen) atoms. The Bertz CT molecular complexity index is 1870. The van der Waals surface area contributed by atoms with Crippen molar-refractivity contribution in [3.8, 4) is 0 Å². The average Bonchev–Trinajstić information content (AvgIpc) is 3.39. The molecule has 1 atom stereocenters. The zero-order chi connectivity index (χ0) is 35.9. The number of fused-ring (bicyclic) bond motifs is 1. The molecule has 5 aliphatic rings. The van der Waals surface area contributed by atoms with E-state index in [-0.39, 0.29) is 36.7 Å². The summed E-state index contributed by atoms with van der Waals surface area (Å²) in [6, 6.07) is 8.18. The van der Waals surface area contributed by atoms with Crippen LogP contribution in [0.3, 0.4) is 0 Å². The van der Waals surface area contributed by atoms with Crippen LogP contribution in [-0.2, 0) is 9.59 Å². The van der Waals surface area contributed by atoms with Crippen molar-refractivity contribution in [1.29, 1.82) is 0 Å². The van der Waals surface area contributed by atoms with Crippen molar-refractivity contribution in [3.05, 3.63) is 59.7 Å². The number of benzene rings is 1. The van der Waals surface area contributed by atoms with E-state index in [1.54, 1.807) is 18.3 Å². The molecule has 0 aliphatic carbocycles. The highest BCUT2D eigenvalue weighted by atomic mass is 19.1. The van der Waals surface area contributed by atoms with Crippen LogP contribution in [0, 0.1) is 17.7 Å². The number of nitrogens with zero attached hydrogens (tertiary/aromatic N) is 8. The maximum absolute atomic E-state index is 14.6. The lowest BCUT2D eigenvalue weighted by molar-refractivity contribution is -0.136. The van der Waals surface area contributed by atoms with Crippen molar-refractivity contribution >= 4 is 52.6 Å². The summed E-state index contributed by atoms with van der Waals surface area (Å²) in [6.45, 7) is 7.59. The minimum absolute atomic E-state index is 0.0894. The van der Waals surface area contributed by atoms with Gasteiger partial charge in [-0.3, -0.25) is 34.3 Å². The van der Waals surface area contributed by atoms with Gasteiger partial charge in [-0.2, -0.15) is 4.98 Å².